The van der Waals surface area contributed by atoms with Crippen molar-refractivity contribution in [2.75, 3.05) is 13.2 Å². The van der Waals surface area contributed by atoms with Gasteiger partial charge in [-0.1, -0.05) is 0 Å². The monoisotopic (exact) mass is 311 g/mol. The van der Waals surface area contributed by atoms with Gasteiger partial charge in [0.2, 0.25) is 0 Å². The van der Waals surface area contributed by atoms with Crippen molar-refractivity contribution in [2.45, 2.75) is 18.0 Å². The molecule has 0 unspecified atom stereocenters. The Morgan fingerprint density at radius 1 is 1.25 bits per heavy atom. The maximum Gasteiger partial charge on any atom is 0.416 e. The molecule has 0 aliphatic rings. The van der Waals surface area contributed by atoms with Gasteiger partial charge in [-0.3, -0.25) is 4.79 Å². The molecule has 0 saturated carbocycles. The van der Waals surface area contributed by atoms with Crippen LogP contribution in [0.1, 0.15) is 12.5 Å². The molecular formula is C11H12F3NO4S. The molecule has 0 atom stereocenters. The molecule has 5 nitrogen and oxygen atoms in total. The Balaban J connectivity index is 2.86. The molecule has 0 bridgehead atoms. The van der Waals surface area contributed by atoms with Gasteiger partial charge >= 0.3 is 6.18 Å². The van der Waals surface area contributed by atoms with Gasteiger partial charge in [-0.25, -0.2) is 13.1 Å². The molecule has 1 aromatic carbocycles. The molecule has 0 aromatic heterocycles. The predicted molar refractivity (Wildman–Crippen MR) is 63.3 cm³/mol. The van der Waals surface area contributed by atoms with Crippen molar-refractivity contribution in [3.63, 3.8) is 0 Å². The van der Waals surface area contributed by atoms with Gasteiger partial charge in [0.15, 0.2) is 0 Å². The number of ether oxygens (including phenoxy) is 1. The molecule has 1 N–H and O–H groups in total. The molecular weight excluding hydrogens is 299 g/mol. The minimum absolute atomic E-state index is 0.230. The molecule has 1 aromatic rings. The second kappa shape index (κ2) is 6.23. The third-order valence-corrected chi connectivity index (χ3v) is 3.57. The van der Waals surface area contributed by atoms with Crippen LogP contribution < -0.4 is 4.72 Å². The fourth-order valence-electron chi connectivity index (χ4n) is 1.26. The van der Waals surface area contributed by atoms with E-state index in [-0.39, 0.29) is 6.61 Å². The van der Waals surface area contributed by atoms with Gasteiger partial charge in [-0.05, 0) is 31.2 Å². The number of benzene rings is 1. The number of rotatable bonds is 5. The van der Waals surface area contributed by atoms with E-state index in [9.17, 15) is 26.4 Å². The van der Waals surface area contributed by atoms with E-state index in [1.807, 2.05) is 0 Å². The molecule has 0 aliphatic heterocycles. The number of hydrogen-bond donors (Lipinski definition) is 1. The highest BCUT2D eigenvalue weighted by atomic mass is 32.2. The van der Waals surface area contributed by atoms with Crippen molar-refractivity contribution < 1.29 is 31.1 Å². The van der Waals surface area contributed by atoms with Crippen LogP contribution in [0.25, 0.3) is 0 Å². The summed E-state index contributed by atoms with van der Waals surface area (Å²) in [4.78, 5) is 10.8. The second-order valence-electron chi connectivity index (χ2n) is 3.69. The lowest BCUT2D eigenvalue weighted by Crippen LogP contribution is -2.33. The summed E-state index contributed by atoms with van der Waals surface area (Å²) in [6.45, 7) is 1.40. The number of carbonyl (C=O) groups is 1. The number of hydrogen-bond acceptors (Lipinski definition) is 4. The Kier molecular flexibility index (Phi) is 5.12. The van der Waals surface area contributed by atoms with Crippen molar-refractivity contribution in [2.24, 2.45) is 0 Å². The zero-order valence-electron chi connectivity index (χ0n) is 10.4. The normalized spacial score (nSPS) is 12.2. The van der Waals surface area contributed by atoms with Crippen molar-refractivity contribution >= 4 is 15.9 Å². The van der Waals surface area contributed by atoms with Gasteiger partial charge in [0, 0.05) is 6.61 Å². The first kappa shape index (κ1) is 16.4. The number of amides is 1. The molecule has 1 amide bonds. The molecule has 0 saturated heterocycles. The summed E-state index contributed by atoms with van der Waals surface area (Å²) in [5.74, 6) is -0.897. The Hall–Kier alpha value is -1.61. The Bertz CT molecular complexity index is 566. The predicted octanol–water partition coefficient (Wildman–Crippen LogP) is 1.55. The van der Waals surface area contributed by atoms with Crippen molar-refractivity contribution in [3.8, 4) is 0 Å². The Labute approximate surface area is 113 Å². The minimum Gasteiger partial charge on any atom is -0.372 e. The zero-order valence-corrected chi connectivity index (χ0v) is 11.2. The first-order valence-corrected chi connectivity index (χ1v) is 6.96. The van der Waals surface area contributed by atoms with E-state index in [1.165, 1.54) is 0 Å². The van der Waals surface area contributed by atoms with E-state index >= 15 is 0 Å². The minimum atomic E-state index is -4.56. The quantitative estimate of drug-likeness (QED) is 0.895. The standard InChI is InChI=1S/C11H12F3NO4S/c1-2-19-7-10(16)15-20(17,18)9-5-3-8(4-6-9)11(12,13)14/h3-6H,2,7H2,1H3,(H,15,16). The fourth-order valence-corrected chi connectivity index (χ4v) is 2.23. The first-order valence-electron chi connectivity index (χ1n) is 5.47. The van der Waals surface area contributed by atoms with E-state index in [1.54, 1.807) is 11.6 Å². The summed E-state index contributed by atoms with van der Waals surface area (Å²) < 4.78 is 66.8. The van der Waals surface area contributed by atoms with E-state index < -0.39 is 39.2 Å². The van der Waals surface area contributed by atoms with E-state index in [2.05, 4.69) is 0 Å². The molecule has 9 heteroatoms. The number of nitrogens with one attached hydrogen (secondary N) is 1. The lowest BCUT2D eigenvalue weighted by molar-refractivity contribution is -0.137. The van der Waals surface area contributed by atoms with Crippen LogP contribution >= 0.6 is 0 Å². The summed E-state index contributed by atoms with van der Waals surface area (Å²) in [5, 5.41) is 0. The van der Waals surface area contributed by atoms with Gasteiger partial charge in [-0.2, -0.15) is 13.2 Å². The third-order valence-electron chi connectivity index (χ3n) is 2.18. The third kappa shape index (κ3) is 4.49. The maximum atomic E-state index is 12.3. The summed E-state index contributed by atoms with van der Waals surface area (Å²) in [6.07, 6.45) is -4.56. The number of alkyl halides is 3. The molecule has 112 valence electrons. The lowest BCUT2D eigenvalue weighted by Gasteiger charge is -2.09. The molecule has 0 spiro atoms. The lowest BCUT2D eigenvalue weighted by atomic mass is 10.2. The Morgan fingerprint density at radius 2 is 1.80 bits per heavy atom. The van der Waals surface area contributed by atoms with Crippen LogP contribution in [0.3, 0.4) is 0 Å². The van der Waals surface area contributed by atoms with Gasteiger partial charge in [-0.15, -0.1) is 0 Å². The summed E-state index contributed by atoms with van der Waals surface area (Å²) >= 11 is 0. The second-order valence-corrected chi connectivity index (χ2v) is 5.37. The highest BCUT2D eigenvalue weighted by Crippen LogP contribution is 2.29. The number of carbonyl (C=O) groups excluding carboxylic acids is 1. The van der Waals surface area contributed by atoms with Crippen LogP contribution in [0, 0.1) is 0 Å². The first-order chi connectivity index (χ1) is 9.16. The van der Waals surface area contributed by atoms with Crippen LogP contribution in [-0.4, -0.2) is 27.5 Å². The average molecular weight is 311 g/mol. The topological polar surface area (TPSA) is 72.5 Å². The van der Waals surface area contributed by atoms with Crippen LogP contribution in [-0.2, 0) is 25.7 Å². The molecule has 1 rings (SSSR count). The highest BCUT2D eigenvalue weighted by Gasteiger charge is 2.30. The Morgan fingerprint density at radius 3 is 2.25 bits per heavy atom. The van der Waals surface area contributed by atoms with E-state index in [0.29, 0.717) is 12.1 Å². The average Bonchev–Trinajstić information content (AvgIpc) is 2.35. The summed E-state index contributed by atoms with van der Waals surface area (Å²) in [5.41, 5.74) is -0.975. The van der Waals surface area contributed by atoms with Gasteiger partial charge in [0.05, 0.1) is 10.5 Å². The van der Waals surface area contributed by atoms with Crippen LogP contribution in [0.2, 0.25) is 0 Å². The summed E-state index contributed by atoms with van der Waals surface area (Å²) in [6, 6.07) is 2.81. The maximum absolute atomic E-state index is 12.3. The summed E-state index contributed by atoms with van der Waals surface area (Å²) in [7, 11) is -4.20. The van der Waals surface area contributed by atoms with Crippen molar-refractivity contribution in [3.05, 3.63) is 29.8 Å². The van der Waals surface area contributed by atoms with Crippen LogP contribution in [0.5, 0.6) is 0 Å². The van der Waals surface area contributed by atoms with Crippen molar-refractivity contribution in [1.82, 2.24) is 4.72 Å². The smallest absolute Gasteiger partial charge is 0.372 e. The van der Waals surface area contributed by atoms with Gasteiger partial charge < -0.3 is 4.74 Å². The van der Waals surface area contributed by atoms with Crippen molar-refractivity contribution in [1.29, 1.82) is 0 Å². The van der Waals surface area contributed by atoms with E-state index in [4.69, 9.17) is 4.74 Å². The fraction of sp³-hybridized carbons (Fsp3) is 0.364. The van der Waals surface area contributed by atoms with Crippen LogP contribution in [0.15, 0.2) is 29.2 Å². The largest absolute Gasteiger partial charge is 0.416 e. The molecule has 0 fully saturated rings. The molecule has 0 radical (unpaired) electrons. The molecule has 0 heterocycles. The molecule has 20 heavy (non-hydrogen) atoms. The highest BCUT2D eigenvalue weighted by molar-refractivity contribution is 7.90. The molecule has 0 aliphatic carbocycles. The number of halogens is 3. The van der Waals surface area contributed by atoms with Crippen LogP contribution in [0.4, 0.5) is 13.2 Å². The van der Waals surface area contributed by atoms with Gasteiger partial charge in [0.25, 0.3) is 15.9 Å². The number of sulfonamides is 1. The van der Waals surface area contributed by atoms with E-state index in [0.717, 1.165) is 12.1 Å². The zero-order chi connectivity index (χ0) is 15.4. The van der Waals surface area contributed by atoms with Gasteiger partial charge in [0.1, 0.15) is 6.61 Å². The SMILES string of the molecule is CCOCC(=O)NS(=O)(=O)c1ccc(C(F)(F)F)cc1.